The molecule has 0 unspecified atom stereocenters. The lowest BCUT2D eigenvalue weighted by Crippen LogP contribution is -2.05. The number of anilines is 1. The van der Waals surface area contributed by atoms with Gasteiger partial charge >= 0.3 is 0 Å². The summed E-state index contributed by atoms with van der Waals surface area (Å²) < 4.78 is 3.75. The molecule has 3 heterocycles. The molecule has 0 aromatic carbocycles. The van der Waals surface area contributed by atoms with Crippen molar-refractivity contribution in [1.29, 1.82) is 0 Å². The van der Waals surface area contributed by atoms with Gasteiger partial charge < -0.3 is 10.1 Å². The van der Waals surface area contributed by atoms with Gasteiger partial charge in [0.1, 0.15) is 12.1 Å². The zero-order chi connectivity index (χ0) is 12.0. The van der Waals surface area contributed by atoms with Gasteiger partial charge in [0.25, 0.3) is 0 Å². The molecule has 17 heavy (non-hydrogen) atoms. The average molecular weight is 228 g/mol. The van der Waals surface area contributed by atoms with Crippen molar-refractivity contribution < 1.29 is 0 Å². The second-order valence-corrected chi connectivity index (χ2v) is 3.93. The lowest BCUT2D eigenvalue weighted by molar-refractivity contribution is 0.939. The number of hydrogen-bond donors (Lipinski definition) is 1. The van der Waals surface area contributed by atoms with Crippen molar-refractivity contribution in [1.82, 2.24) is 23.9 Å². The molecule has 0 aliphatic carbocycles. The Morgan fingerprint density at radius 2 is 2.06 bits per heavy atom. The molecule has 6 heteroatoms. The van der Waals surface area contributed by atoms with E-state index in [1.807, 2.05) is 29.0 Å². The topological polar surface area (TPSA) is 74.0 Å². The maximum atomic E-state index is 5.78. The van der Waals surface area contributed by atoms with E-state index in [0.717, 1.165) is 17.0 Å². The van der Waals surface area contributed by atoms with E-state index in [1.165, 1.54) is 0 Å². The van der Waals surface area contributed by atoms with E-state index in [4.69, 9.17) is 5.73 Å². The highest BCUT2D eigenvalue weighted by Crippen LogP contribution is 2.17. The molecule has 3 aromatic heterocycles. The molecule has 0 radical (unpaired) electrons. The van der Waals surface area contributed by atoms with E-state index in [1.54, 1.807) is 18.7 Å². The molecule has 3 aromatic rings. The molecular formula is C11H12N6. The summed E-state index contributed by atoms with van der Waals surface area (Å²) in [6.45, 7) is 3.95. The average Bonchev–Trinajstić information content (AvgIpc) is 2.87. The number of rotatable bonds is 1. The molecule has 0 saturated heterocycles. The molecule has 3 rings (SSSR count). The van der Waals surface area contributed by atoms with Crippen LogP contribution in [0, 0.1) is 13.8 Å². The van der Waals surface area contributed by atoms with Crippen LogP contribution < -0.4 is 5.73 Å². The summed E-state index contributed by atoms with van der Waals surface area (Å²) >= 11 is 0. The zero-order valence-electron chi connectivity index (χ0n) is 9.62. The largest absolute Gasteiger partial charge is 0.382 e. The first kappa shape index (κ1) is 9.83. The number of nitrogen functional groups attached to an aromatic ring is 1. The number of hydrogen-bond acceptors (Lipinski definition) is 4. The van der Waals surface area contributed by atoms with Crippen LogP contribution in [0.5, 0.6) is 0 Å². The van der Waals surface area contributed by atoms with Gasteiger partial charge in [0.2, 0.25) is 0 Å². The third kappa shape index (κ3) is 1.37. The molecule has 0 amide bonds. The minimum atomic E-state index is 0.455. The van der Waals surface area contributed by atoms with Gasteiger partial charge in [-0.15, -0.1) is 0 Å². The third-order valence-electron chi connectivity index (χ3n) is 2.86. The zero-order valence-corrected chi connectivity index (χ0v) is 9.62. The fourth-order valence-electron chi connectivity index (χ4n) is 1.81. The van der Waals surface area contributed by atoms with Gasteiger partial charge in [-0.1, -0.05) is 0 Å². The Morgan fingerprint density at radius 3 is 2.76 bits per heavy atom. The Balaban J connectivity index is 2.36. The molecule has 0 fully saturated rings. The Hall–Kier alpha value is -2.37. The van der Waals surface area contributed by atoms with Gasteiger partial charge in [-0.25, -0.2) is 15.0 Å². The molecule has 0 atom stereocenters. The van der Waals surface area contributed by atoms with Gasteiger partial charge in [-0.2, -0.15) is 0 Å². The Bertz CT molecular complexity index is 693. The van der Waals surface area contributed by atoms with Crippen LogP contribution in [0.25, 0.3) is 11.5 Å². The van der Waals surface area contributed by atoms with Crippen LogP contribution in [-0.4, -0.2) is 23.9 Å². The summed E-state index contributed by atoms with van der Waals surface area (Å²) in [7, 11) is 0. The molecule has 2 N–H and O–H groups in total. The number of aryl methyl sites for hydroxylation is 1. The van der Waals surface area contributed by atoms with E-state index in [9.17, 15) is 0 Å². The monoisotopic (exact) mass is 228 g/mol. The minimum Gasteiger partial charge on any atom is -0.382 e. The van der Waals surface area contributed by atoms with E-state index < -0.39 is 0 Å². The Morgan fingerprint density at radius 1 is 1.24 bits per heavy atom. The molecular weight excluding hydrogens is 216 g/mol. The van der Waals surface area contributed by atoms with Crippen LogP contribution in [0.4, 0.5) is 5.82 Å². The summed E-state index contributed by atoms with van der Waals surface area (Å²) in [5.74, 6) is 1.16. The molecule has 0 aliphatic rings. The molecule has 0 bridgehead atoms. The number of nitrogens with zero attached hydrogens (tertiary/aromatic N) is 5. The Labute approximate surface area is 97.8 Å². The van der Waals surface area contributed by atoms with Crippen molar-refractivity contribution >= 4 is 11.5 Å². The van der Waals surface area contributed by atoms with Crippen molar-refractivity contribution in [2.45, 2.75) is 13.8 Å². The molecule has 0 spiro atoms. The number of aromatic nitrogens is 5. The lowest BCUT2D eigenvalue weighted by Gasteiger charge is -2.07. The predicted molar refractivity (Wildman–Crippen MR) is 64.0 cm³/mol. The van der Waals surface area contributed by atoms with Gasteiger partial charge in [0, 0.05) is 18.1 Å². The van der Waals surface area contributed by atoms with Crippen molar-refractivity contribution in [3.63, 3.8) is 0 Å². The van der Waals surface area contributed by atoms with E-state index in [2.05, 4.69) is 15.0 Å². The first-order valence-corrected chi connectivity index (χ1v) is 5.27. The Kier molecular flexibility index (Phi) is 1.91. The van der Waals surface area contributed by atoms with Crippen LogP contribution in [0.15, 0.2) is 24.9 Å². The van der Waals surface area contributed by atoms with Crippen LogP contribution in [0.3, 0.4) is 0 Å². The normalized spacial score (nSPS) is 11.2. The predicted octanol–water partition coefficient (Wildman–Crippen LogP) is 1.11. The van der Waals surface area contributed by atoms with Gasteiger partial charge in [0.15, 0.2) is 11.5 Å². The highest BCUT2D eigenvalue weighted by molar-refractivity contribution is 5.58. The van der Waals surface area contributed by atoms with Crippen LogP contribution in [-0.2, 0) is 0 Å². The fourth-order valence-corrected chi connectivity index (χ4v) is 1.81. The summed E-state index contributed by atoms with van der Waals surface area (Å²) in [6, 6.07) is 0. The molecule has 0 saturated carbocycles. The SMILES string of the molecule is Cc1ncn(-c2nc(N)cn3ccnc23)c1C. The third-order valence-corrected chi connectivity index (χ3v) is 2.86. The van der Waals surface area contributed by atoms with Crippen molar-refractivity contribution in [3.8, 4) is 5.82 Å². The second kappa shape index (κ2) is 3.31. The molecule has 6 nitrogen and oxygen atoms in total. The lowest BCUT2D eigenvalue weighted by atomic mass is 10.4. The number of fused-ring (bicyclic) bond motifs is 1. The quantitative estimate of drug-likeness (QED) is 0.677. The fraction of sp³-hybridized carbons (Fsp3) is 0.182. The van der Waals surface area contributed by atoms with Crippen LogP contribution in [0.1, 0.15) is 11.4 Å². The highest BCUT2D eigenvalue weighted by atomic mass is 15.2. The summed E-state index contributed by atoms with van der Waals surface area (Å²) in [4.78, 5) is 12.9. The number of nitrogens with two attached hydrogens (primary N) is 1. The van der Waals surface area contributed by atoms with E-state index in [-0.39, 0.29) is 0 Å². The summed E-state index contributed by atoms with van der Waals surface area (Å²) in [5.41, 5.74) is 8.55. The van der Waals surface area contributed by atoms with E-state index in [0.29, 0.717) is 11.6 Å². The first-order valence-electron chi connectivity index (χ1n) is 5.27. The summed E-state index contributed by atoms with van der Waals surface area (Å²) in [5, 5.41) is 0. The van der Waals surface area contributed by atoms with Crippen LogP contribution in [0.2, 0.25) is 0 Å². The van der Waals surface area contributed by atoms with Crippen molar-refractivity contribution in [2.75, 3.05) is 5.73 Å². The number of imidazole rings is 2. The van der Waals surface area contributed by atoms with Crippen molar-refractivity contribution in [2.24, 2.45) is 0 Å². The first-order chi connectivity index (χ1) is 8.16. The van der Waals surface area contributed by atoms with Gasteiger partial charge in [0.05, 0.1) is 11.9 Å². The molecule has 0 aliphatic heterocycles. The molecule has 86 valence electrons. The summed E-state index contributed by atoms with van der Waals surface area (Å²) in [6.07, 6.45) is 7.04. The van der Waals surface area contributed by atoms with Crippen LogP contribution >= 0.6 is 0 Å². The van der Waals surface area contributed by atoms with Gasteiger partial charge in [-0.05, 0) is 13.8 Å². The standard InChI is InChI=1S/C11H12N6/c1-7-8(2)17(6-14-7)11-10-13-3-4-16(10)5-9(12)15-11/h3-6H,12H2,1-2H3. The smallest absolute Gasteiger partial charge is 0.184 e. The maximum absolute atomic E-state index is 5.78. The highest BCUT2D eigenvalue weighted by Gasteiger charge is 2.11. The van der Waals surface area contributed by atoms with Gasteiger partial charge in [-0.3, -0.25) is 4.57 Å². The van der Waals surface area contributed by atoms with E-state index >= 15 is 0 Å². The van der Waals surface area contributed by atoms with Crippen molar-refractivity contribution in [3.05, 3.63) is 36.3 Å². The second-order valence-electron chi connectivity index (χ2n) is 3.93. The minimum absolute atomic E-state index is 0.455. The maximum Gasteiger partial charge on any atom is 0.184 e.